The van der Waals surface area contributed by atoms with Gasteiger partial charge >= 0.3 is 6.09 Å². The number of ether oxygens (including phenoxy) is 1. The van der Waals surface area contributed by atoms with Crippen LogP contribution in [-0.2, 0) is 22.5 Å². The molecule has 2 amide bonds. The van der Waals surface area contributed by atoms with Gasteiger partial charge in [-0.2, -0.15) is 5.10 Å². The molecule has 0 saturated heterocycles. The van der Waals surface area contributed by atoms with Crippen LogP contribution in [0.4, 0.5) is 4.79 Å². The highest BCUT2D eigenvalue weighted by molar-refractivity contribution is 5.89. The third-order valence-electron chi connectivity index (χ3n) is 4.76. The van der Waals surface area contributed by atoms with Gasteiger partial charge in [0.05, 0.1) is 19.2 Å². The Hall–Kier alpha value is -2.94. The number of rotatable bonds is 10. The van der Waals surface area contributed by atoms with Gasteiger partial charge in [0.25, 0.3) is 0 Å². The summed E-state index contributed by atoms with van der Waals surface area (Å²) < 4.78 is 6.87. The predicted molar refractivity (Wildman–Crippen MR) is 121 cm³/mol. The van der Waals surface area contributed by atoms with Crippen molar-refractivity contribution in [3.63, 3.8) is 0 Å². The summed E-state index contributed by atoms with van der Waals surface area (Å²) in [4.78, 5) is 29.6. The molecule has 1 atom stereocenters. The average Bonchev–Trinajstić information content (AvgIpc) is 3.14. The normalized spacial score (nSPS) is 12.8. The molecule has 0 radical (unpaired) electrons. The summed E-state index contributed by atoms with van der Waals surface area (Å²) in [6, 6.07) is 9.67. The average molecular weight is 446 g/mol. The van der Waals surface area contributed by atoms with E-state index in [2.05, 4.69) is 32.8 Å². The first-order valence-corrected chi connectivity index (χ1v) is 10.9. The van der Waals surface area contributed by atoms with Gasteiger partial charge in [-0.3, -0.25) is 4.79 Å². The molecule has 0 saturated carbocycles. The first kappa shape index (κ1) is 25.3. The van der Waals surface area contributed by atoms with Gasteiger partial charge < -0.3 is 20.5 Å². The Morgan fingerprint density at radius 3 is 2.47 bits per heavy atom. The zero-order valence-electron chi connectivity index (χ0n) is 19.6. The number of nitrogens with zero attached hydrogens (tertiary/aromatic N) is 3. The lowest BCUT2D eigenvalue weighted by Crippen LogP contribution is -2.56. The number of carbonyl (C=O) groups is 2. The highest BCUT2D eigenvalue weighted by atomic mass is 16.6. The second-order valence-corrected chi connectivity index (χ2v) is 9.22. The first-order valence-electron chi connectivity index (χ1n) is 10.9. The van der Waals surface area contributed by atoms with E-state index in [1.807, 2.05) is 18.2 Å². The summed E-state index contributed by atoms with van der Waals surface area (Å²) in [5, 5.41) is 19.1. The number of nitrogens with one attached hydrogen (secondary N) is 2. The number of aliphatic hydroxyl groups excluding tert-OH is 1. The van der Waals surface area contributed by atoms with Crippen molar-refractivity contribution in [1.29, 1.82) is 0 Å². The minimum absolute atomic E-state index is 0.0905. The molecule has 3 N–H and O–H groups in total. The van der Waals surface area contributed by atoms with Crippen LogP contribution in [0.1, 0.15) is 64.9 Å². The SMILES string of the molecule is CC(C)(C)OC(=O)NC(C)(C)C(=O)NC(CCCc1ccccc1)c1ncnn1CCO. The number of aliphatic hydroxyl groups is 1. The molecule has 1 heterocycles. The monoisotopic (exact) mass is 445 g/mol. The molecule has 9 nitrogen and oxygen atoms in total. The van der Waals surface area contributed by atoms with E-state index in [0.29, 0.717) is 12.2 Å². The number of hydrogen-bond acceptors (Lipinski definition) is 6. The molecule has 9 heteroatoms. The molecular weight excluding hydrogens is 410 g/mol. The third kappa shape index (κ3) is 7.96. The van der Waals surface area contributed by atoms with E-state index in [1.54, 1.807) is 39.3 Å². The van der Waals surface area contributed by atoms with Gasteiger partial charge in [-0.25, -0.2) is 14.5 Å². The standard InChI is InChI=1S/C23H35N5O4/c1-22(2,3)32-21(31)27-23(4,5)20(30)26-18(19-24-16-25-28(19)14-15-29)13-9-12-17-10-7-6-8-11-17/h6-8,10-11,16,18,29H,9,12-15H2,1-5H3,(H,26,30)(H,27,31). The second-order valence-electron chi connectivity index (χ2n) is 9.22. The van der Waals surface area contributed by atoms with Gasteiger partial charge in [-0.1, -0.05) is 30.3 Å². The first-order chi connectivity index (χ1) is 15.0. The predicted octanol–water partition coefficient (Wildman–Crippen LogP) is 2.75. The molecule has 0 aliphatic rings. The number of carbonyl (C=O) groups excluding carboxylic acids is 2. The summed E-state index contributed by atoms with van der Waals surface area (Å²) in [6.45, 7) is 8.70. The number of aryl methyl sites for hydroxylation is 1. The number of amides is 2. The smallest absolute Gasteiger partial charge is 0.408 e. The van der Waals surface area contributed by atoms with E-state index in [4.69, 9.17) is 4.74 Å². The highest BCUT2D eigenvalue weighted by Gasteiger charge is 2.34. The van der Waals surface area contributed by atoms with Crippen molar-refractivity contribution in [2.24, 2.45) is 0 Å². The van der Waals surface area contributed by atoms with Gasteiger partial charge in [0.15, 0.2) is 0 Å². The topological polar surface area (TPSA) is 118 Å². The maximum atomic E-state index is 13.1. The lowest BCUT2D eigenvalue weighted by Gasteiger charge is -2.29. The van der Waals surface area contributed by atoms with Crippen LogP contribution in [0.25, 0.3) is 0 Å². The van der Waals surface area contributed by atoms with E-state index >= 15 is 0 Å². The van der Waals surface area contributed by atoms with Crippen molar-refractivity contribution in [3.8, 4) is 0 Å². The zero-order valence-corrected chi connectivity index (χ0v) is 19.6. The molecule has 0 aliphatic heterocycles. The van der Waals surface area contributed by atoms with Crippen LogP contribution in [0.3, 0.4) is 0 Å². The van der Waals surface area contributed by atoms with Crippen molar-refractivity contribution in [2.45, 2.75) is 77.6 Å². The molecule has 0 aliphatic carbocycles. The van der Waals surface area contributed by atoms with Crippen LogP contribution >= 0.6 is 0 Å². The Bertz CT molecular complexity index is 874. The van der Waals surface area contributed by atoms with E-state index in [9.17, 15) is 14.7 Å². The van der Waals surface area contributed by atoms with Gasteiger partial charge in [-0.15, -0.1) is 0 Å². The van der Waals surface area contributed by atoms with Gasteiger partial charge in [0.2, 0.25) is 5.91 Å². The van der Waals surface area contributed by atoms with Gasteiger partial charge in [-0.05, 0) is 59.4 Å². The van der Waals surface area contributed by atoms with Crippen molar-refractivity contribution >= 4 is 12.0 Å². The largest absolute Gasteiger partial charge is 0.444 e. The maximum absolute atomic E-state index is 13.1. The van der Waals surface area contributed by atoms with Crippen LogP contribution in [0.5, 0.6) is 0 Å². The minimum atomic E-state index is -1.21. The molecule has 0 spiro atoms. The zero-order chi connectivity index (χ0) is 23.8. The Balaban J connectivity index is 2.11. The Labute approximate surface area is 189 Å². The van der Waals surface area contributed by atoms with Crippen LogP contribution in [0, 0.1) is 0 Å². The Kier molecular flexibility index (Phi) is 8.77. The van der Waals surface area contributed by atoms with Crippen LogP contribution in [0.2, 0.25) is 0 Å². The van der Waals surface area contributed by atoms with Crippen LogP contribution in [0.15, 0.2) is 36.7 Å². The number of aromatic nitrogens is 3. The molecule has 32 heavy (non-hydrogen) atoms. The molecule has 2 aromatic rings. The fourth-order valence-electron chi connectivity index (χ4n) is 3.18. The third-order valence-corrected chi connectivity index (χ3v) is 4.76. The Morgan fingerprint density at radius 1 is 1.16 bits per heavy atom. The highest BCUT2D eigenvalue weighted by Crippen LogP contribution is 2.20. The number of alkyl carbamates (subject to hydrolysis) is 1. The van der Waals surface area contributed by atoms with E-state index < -0.39 is 23.3 Å². The van der Waals surface area contributed by atoms with E-state index in [-0.39, 0.29) is 19.1 Å². The molecule has 0 bridgehead atoms. The number of hydrogen-bond donors (Lipinski definition) is 3. The lowest BCUT2D eigenvalue weighted by atomic mass is 10.0. The molecule has 0 fully saturated rings. The fourth-order valence-corrected chi connectivity index (χ4v) is 3.18. The van der Waals surface area contributed by atoms with E-state index in [0.717, 1.165) is 12.8 Å². The molecule has 1 unspecified atom stereocenters. The molecular formula is C23H35N5O4. The van der Waals surface area contributed by atoms with Crippen molar-refractivity contribution in [3.05, 3.63) is 48.0 Å². The van der Waals surface area contributed by atoms with Crippen LogP contribution in [-0.4, -0.2) is 49.6 Å². The van der Waals surface area contributed by atoms with Crippen molar-refractivity contribution in [2.75, 3.05) is 6.61 Å². The summed E-state index contributed by atoms with van der Waals surface area (Å²) in [5.74, 6) is 0.195. The second kappa shape index (κ2) is 11.1. The van der Waals surface area contributed by atoms with Crippen molar-refractivity contribution < 1.29 is 19.4 Å². The fraction of sp³-hybridized carbons (Fsp3) is 0.565. The molecule has 2 rings (SSSR count). The summed E-state index contributed by atoms with van der Waals surface area (Å²) in [5.41, 5.74) is -0.666. The van der Waals surface area contributed by atoms with Crippen molar-refractivity contribution in [1.82, 2.24) is 25.4 Å². The van der Waals surface area contributed by atoms with Gasteiger partial charge in [0, 0.05) is 0 Å². The minimum Gasteiger partial charge on any atom is -0.444 e. The quantitative estimate of drug-likeness (QED) is 0.517. The van der Waals surface area contributed by atoms with Crippen LogP contribution < -0.4 is 10.6 Å². The van der Waals surface area contributed by atoms with E-state index in [1.165, 1.54) is 11.9 Å². The lowest BCUT2D eigenvalue weighted by molar-refractivity contribution is -0.127. The Morgan fingerprint density at radius 2 is 1.84 bits per heavy atom. The summed E-state index contributed by atoms with van der Waals surface area (Å²) in [7, 11) is 0. The molecule has 1 aromatic heterocycles. The summed E-state index contributed by atoms with van der Waals surface area (Å²) in [6.07, 6.45) is 3.02. The molecule has 1 aromatic carbocycles. The molecule has 176 valence electrons. The maximum Gasteiger partial charge on any atom is 0.408 e. The summed E-state index contributed by atoms with van der Waals surface area (Å²) >= 11 is 0. The number of benzene rings is 1. The van der Waals surface area contributed by atoms with Gasteiger partial charge in [0.1, 0.15) is 23.3 Å².